The van der Waals surface area contributed by atoms with Gasteiger partial charge in [-0.3, -0.25) is 9.80 Å². The second kappa shape index (κ2) is 11.8. The number of rotatable bonds is 5. The summed E-state index contributed by atoms with van der Waals surface area (Å²) in [5.41, 5.74) is -5.57. The Morgan fingerprint density at radius 2 is 1.48 bits per heavy atom. The van der Waals surface area contributed by atoms with Gasteiger partial charge in [0, 0.05) is 18.2 Å². The van der Waals surface area contributed by atoms with E-state index in [0.717, 1.165) is 30.1 Å². The van der Waals surface area contributed by atoms with E-state index in [9.17, 15) is 49.1 Å². The molecule has 3 rings (SSSR count). The lowest BCUT2D eigenvalue weighted by Crippen LogP contribution is -2.47. The third-order valence-corrected chi connectivity index (χ3v) is 6.53. The van der Waals surface area contributed by atoms with Crippen LogP contribution in [0.2, 0.25) is 0 Å². The van der Waals surface area contributed by atoms with Crippen molar-refractivity contribution in [1.29, 1.82) is 0 Å². The van der Waals surface area contributed by atoms with Crippen molar-refractivity contribution in [3.05, 3.63) is 58.1 Å². The number of nitrogens with zero attached hydrogens (tertiary/aromatic N) is 2. The van der Waals surface area contributed by atoms with Crippen LogP contribution in [-0.4, -0.2) is 44.0 Å². The highest BCUT2D eigenvalue weighted by atomic mass is 19.4. The van der Waals surface area contributed by atoms with Crippen molar-refractivity contribution in [3.8, 4) is 5.75 Å². The quantitative estimate of drug-likeness (QED) is 0.321. The second-order valence-corrected chi connectivity index (χ2v) is 9.29. The lowest BCUT2D eigenvalue weighted by molar-refractivity contribution is -0.143. The Labute approximate surface area is 233 Å². The van der Waals surface area contributed by atoms with Crippen molar-refractivity contribution in [2.45, 2.75) is 57.4 Å². The summed E-state index contributed by atoms with van der Waals surface area (Å²) in [6, 6.07) is 0.0562. The van der Waals surface area contributed by atoms with Gasteiger partial charge in [-0.25, -0.2) is 9.59 Å². The van der Waals surface area contributed by atoms with Gasteiger partial charge in [0.25, 0.3) is 0 Å². The van der Waals surface area contributed by atoms with Gasteiger partial charge in [0.15, 0.2) is 0 Å². The monoisotopic (exact) mass is 616 g/mol. The number of hydrogen-bond donors (Lipinski definition) is 0. The minimum atomic E-state index is -5.17. The Morgan fingerprint density at radius 3 is 1.93 bits per heavy atom. The minimum Gasteiger partial charge on any atom is -0.496 e. The van der Waals surface area contributed by atoms with Gasteiger partial charge in [0.2, 0.25) is 0 Å². The van der Waals surface area contributed by atoms with Crippen LogP contribution in [0.3, 0.4) is 0 Å². The van der Waals surface area contributed by atoms with Gasteiger partial charge in [-0.05, 0) is 56.2 Å². The number of fused-ring (bicyclic) bond motifs is 1. The van der Waals surface area contributed by atoms with Crippen molar-refractivity contribution >= 4 is 17.9 Å². The second-order valence-electron chi connectivity index (χ2n) is 9.29. The lowest BCUT2D eigenvalue weighted by Gasteiger charge is -2.43. The van der Waals surface area contributed by atoms with Crippen molar-refractivity contribution in [2.24, 2.45) is 0 Å². The molecule has 0 bridgehead atoms. The van der Waals surface area contributed by atoms with Crippen molar-refractivity contribution in [3.63, 3.8) is 0 Å². The molecule has 1 heterocycles. The fourth-order valence-electron chi connectivity index (χ4n) is 4.74. The largest absolute Gasteiger partial charge is 0.496 e. The Morgan fingerprint density at radius 1 is 0.905 bits per heavy atom. The molecular weight excluding hydrogens is 591 g/mol. The van der Waals surface area contributed by atoms with Crippen LogP contribution in [0.15, 0.2) is 30.3 Å². The predicted molar refractivity (Wildman–Crippen MR) is 129 cm³/mol. The maximum absolute atomic E-state index is 13.9. The summed E-state index contributed by atoms with van der Waals surface area (Å²) in [7, 11) is 1.86. The van der Waals surface area contributed by atoms with Crippen LogP contribution in [0.1, 0.15) is 54.1 Å². The van der Waals surface area contributed by atoms with Crippen LogP contribution in [-0.2, 0) is 34.5 Å². The molecule has 2 aromatic carbocycles. The van der Waals surface area contributed by atoms with Crippen LogP contribution in [0, 0.1) is 0 Å². The van der Waals surface area contributed by atoms with Gasteiger partial charge in [0.1, 0.15) is 5.75 Å². The zero-order valence-electron chi connectivity index (χ0n) is 22.5. The summed E-state index contributed by atoms with van der Waals surface area (Å²) >= 11 is 0. The maximum Gasteiger partial charge on any atom is 0.420 e. The zero-order valence-corrected chi connectivity index (χ0v) is 22.5. The van der Waals surface area contributed by atoms with E-state index in [4.69, 9.17) is 14.2 Å². The van der Waals surface area contributed by atoms with E-state index in [2.05, 4.69) is 0 Å². The number of hydrogen-bond acceptors (Lipinski definition) is 5. The van der Waals surface area contributed by atoms with Crippen LogP contribution in [0.25, 0.3) is 0 Å². The number of ether oxygens (including phenoxy) is 3. The molecule has 1 aliphatic rings. The summed E-state index contributed by atoms with van der Waals surface area (Å²) in [5.74, 6) is -0.701. The number of methoxy groups -OCH3 is 2. The molecule has 42 heavy (non-hydrogen) atoms. The van der Waals surface area contributed by atoms with E-state index >= 15 is 0 Å². The molecule has 0 fully saturated rings. The van der Waals surface area contributed by atoms with E-state index in [-0.39, 0.29) is 30.3 Å². The van der Waals surface area contributed by atoms with Crippen LogP contribution in [0.5, 0.6) is 5.75 Å². The molecule has 0 aromatic heterocycles. The number of carbonyl (C=O) groups excluding carboxylic acids is 2. The Bertz CT molecular complexity index is 1290. The number of amides is 2. The first-order chi connectivity index (χ1) is 19.3. The third-order valence-electron chi connectivity index (χ3n) is 6.53. The standard InChI is InChI=1S/C26H25F9N2O5/c1-5-42-23(39)37-13(2)6-19(17-10-21(40-3)18(11-20(17)37)26(33,34)35)36(22(38)41-4)12-14-7-15(24(27,28)29)9-16(8-14)25(30,31)32/h7-11,13,19H,5-6,12H2,1-4H3. The molecule has 2 aromatic rings. The molecule has 16 heteroatoms. The van der Waals surface area contributed by atoms with Crippen LogP contribution in [0.4, 0.5) is 54.8 Å². The van der Waals surface area contributed by atoms with Gasteiger partial charge >= 0.3 is 30.7 Å². The zero-order chi connectivity index (χ0) is 31.8. The predicted octanol–water partition coefficient (Wildman–Crippen LogP) is 7.82. The summed E-state index contributed by atoms with van der Waals surface area (Å²) < 4.78 is 137. The molecule has 0 radical (unpaired) electrons. The lowest BCUT2D eigenvalue weighted by atomic mass is 9.89. The van der Waals surface area contributed by atoms with E-state index in [1.165, 1.54) is 13.8 Å². The van der Waals surface area contributed by atoms with Gasteiger partial charge in [-0.1, -0.05) is 0 Å². The summed E-state index contributed by atoms with van der Waals surface area (Å²) in [4.78, 5) is 27.4. The highest BCUT2D eigenvalue weighted by molar-refractivity contribution is 5.91. The molecule has 2 atom stereocenters. The van der Waals surface area contributed by atoms with Crippen LogP contribution >= 0.6 is 0 Å². The number of alkyl halides is 9. The molecule has 0 aliphatic carbocycles. The number of benzene rings is 2. The SMILES string of the molecule is CCOC(=O)N1c2cc(C(F)(F)F)c(OC)cc2C(N(Cc2cc(C(F)(F)F)cc(C(F)(F)F)c2)C(=O)OC)CC1C. The Hall–Kier alpha value is -3.85. The Kier molecular flexibility index (Phi) is 9.17. The maximum atomic E-state index is 13.9. The summed E-state index contributed by atoms with van der Waals surface area (Å²) in [6.45, 7) is 1.90. The van der Waals surface area contributed by atoms with E-state index < -0.39 is 77.3 Å². The fourth-order valence-corrected chi connectivity index (χ4v) is 4.74. The molecular formula is C26H25F9N2O5. The first kappa shape index (κ1) is 32.7. The third kappa shape index (κ3) is 6.78. The van der Waals surface area contributed by atoms with Crippen molar-refractivity contribution < 1.29 is 63.3 Å². The first-order valence-corrected chi connectivity index (χ1v) is 12.2. The molecule has 0 N–H and O–H groups in total. The number of halogens is 9. The molecule has 2 amide bonds. The summed E-state index contributed by atoms with van der Waals surface area (Å²) in [5, 5.41) is 0. The van der Waals surface area contributed by atoms with E-state index in [1.807, 2.05) is 0 Å². The average Bonchev–Trinajstić information content (AvgIpc) is 2.88. The van der Waals surface area contributed by atoms with Crippen LogP contribution < -0.4 is 9.64 Å². The van der Waals surface area contributed by atoms with Gasteiger partial charge in [0.05, 0.1) is 49.2 Å². The Balaban J connectivity index is 2.26. The average molecular weight is 616 g/mol. The topological polar surface area (TPSA) is 68.3 Å². The molecule has 7 nitrogen and oxygen atoms in total. The van der Waals surface area contributed by atoms with E-state index in [1.54, 1.807) is 0 Å². The van der Waals surface area contributed by atoms with Crippen molar-refractivity contribution in [1.82, 2.24) is 4.90 Å². The number of carbonyl (C=O) groups is 2. The van der Waals surface area contributed by atoms with Gasteiger partial charge < -0.3 is 14.2 Å². The van der Waals surface area contributed by atoms with Gasteiger partial charge in [-0.15, -0.1) is 0 Å². The highest BCUT2D eigenvalue weighted by Gasteiger charge is 2.44. The molecule has 1 aliphatic heterocycles. The molecule has 232 valence electrons. The molecule has 0 saturated carbocycles. The minimum absolute atomic E-state index is 0.0787. The molecule has 0 spiro atoms. The number of anilines is 1. The smallest absolute Gasteiger partial charge is 0.420 e. The van der Waals surface area contributed by atoms with Crippen molar-refractivity contribution in [2.75, 3.05) is 25.7 Å². The molecule has 2 unspecified atom stereocenters. The molecule has 0 saturated heterocycles. The van der Waals surface area contributed by atoms with E-state index in [0.29, 0.717) is 18.2 Å². The highest BCUT2D eigenvalue weighted by Crippen LogP contribution is 2.48. The fraction of sp³-hybridized carbons (Fsp3) is 0.462. The summed E-state index contributed by atoms with van der Waals surface area (Å²) in [6.07, 6.45) is -17.7. The normalized spacial score (nSPS) is 17.4. The van der Waals surface area contributed by atoms with Gasteiger partial charge in [-0.2, -0.15) is 39.5 Å². The first-order valence-electron chi connectivity index (χ1n) is 12.2.